The molecule has 1 atom stereocenters. The van der Waals surface area contributed by atoms with Crippen LogP contribution in [0.3, 0.4) is 0 Å². The maximum absolute atomic E-state index is 12.8. The van der Waals surface area contributed by atoms with Crippen molar-refractivity contribution in [1.29, 1.82) is 0 Å². The third-order valence-electron chi connectivity index (χ3n) is 6.14. The van der Waals surface area contributed by atoms with Crippen molar-refractivity contribution in [2.45, 2.75) is 26.2 Å². The van der Waals surface area contributed by atoms with E-state index < -0.39 is 0 Å². The van der Waals surface area contributed by atoms with Crippen molar-refractivity contribution in [2.24, 2.45) is 5.92 Å². The monoisotopic (exact) mass is 435 g/mol. The number of benzene rings is 2. The van der Waals surface area contributed by atoms with Gasteiger partial charge in [-0.15, -0.1) is 0 Å². The highest BCUT2D eigenvalue weighted by molar-refractivity contribution is 6.31. The zero-order valence-electron chi connectivity index (χ0n) is 17.5. The summed E-state index contributed by atoms with van der Waals surface area (Å²) in [5, 5.41) is 5.07. The topological polar surface area (TPSA) is 76.8 Å². The SMILES string of the molecule is Cc1ccc2[nH]cc(CCNC(=O)[C@H]3CCCN(c4nc5ccc(Cl)cc5[nH]4)C3)c2c1. The third-order valence-corrected chi connectivity index (χ3v) is 6.37. The fourth-order valence-corrected chi connectivity index (χ4v) is 4.64. The minimum absolute atomic E-state index is 0.0317. The van der Waals surface area contributed by atoms with E-state index in [4.69, 9.17) is 11.6 Å². The molecule has 0 saturated carbocycles. The van der Waals surface area contributed by atoms with Crippen LogP contribution in [0.1, 0.15) is 24.0 Å². The highest BCUT2D eigenvalue weighted by atomic mass is 35.5. The second-order valence-corrected chi connectivity index (χ2v) is 8.85. The van der Waals surface area contributed by atoms with E-state index in [0.29, 0.717) is 18.1 Å². The Morgan fingerprint density at radius 1 is 1.26 bits per heavy atom. The van der Waals surface area contributed by atoms with E-state index in [1.54, 1.807) is 0 Å². The number of fused-ring (bicyclic) bond motifs is 2. The van der Waals surface area contributed by atoms with Gasteiger partial charge in [0.25, 0.3) is 0 Å². The Hall–Kier alpha value is -2.99. The summed E-state index contributed by atoms with van der Waals surface area (Å²) < 4.78 is 0. The summed E-state index contributed by atoms with van der Waals surface area (Å²) in [6.45, 7) is 4.31. The number of rotatable bonds is 5. The van der Waals surface area contributed by atoms with Crippen LogP contribution in [0.2, 0.25) is 5.02 Å². The molecule has 1 saturated heterocycles. The average Bonchev–Trinajstić information content (AvgIpc) is 3.37. The Bertz CT molecular complexity index is 1240. The number of imidazole rings is 1. The number of H-pyrrole nitrogens is 2. The molecule has 0 aliphatic carbocycles. The lowest BCUT2D eigenvalue weighted by atomic mass is 9.97. The molecule has 3 N–H and O–H groups in total. The van der Waals surface area contributed by atoms with E-state index in [9.17, 15) is 4.79 Å². The van der Waals surface area contributed by atoms with Crippen molar-refractivity contribution in [2.75, 3.05) is 24.5 Å². The van der Waals surface area contributed by atoms with Crippen LogP contribution in [-0.4, -0.2) is 40.5 Å². The number of nitrogens with zero attached hydrogens (tertiary/aromatic N) is 2. The van der Waals surface area contributed by atoms with Gasteiger partial charge in [-0.2, -0.15) is 0 Å². The molecule has 1 aliphatic rings. The van der Waals surface area contributed by atoms with Gasteiger partial charge < -0.3 is 20.2 Å². The summed E-state index contributed by atoms with van der Waals surface area (Å²) in [5.74, 6) is 0.902. The van der Waals surface area contributed by atoms with Crippen molar-refractivity contribution in [3.8, 4) is 0 Å². The molecule has 1 amide bonds. The van der Waals surface area contributed by atoms with E-state index in [2.05, 4.69) is 50.3 Å². The van der Waals surface area contributed by atoms with Crippen LogP contribution in [0.4, 0.5) is 5.95 Å². The quantitative estimate of drug-likeness (QED) is 0.429. The molecule has 0 spiro atoms. The number of aryl methyl sites for hydroxylation is 1. The number of piperidine rings is 1. The molecule has 31 heavy (non-hydrogen) atoms. The fourth-order valence-electron chi connectivity index (χ4n) is 4.47. The molecular formula is C24H26ClN5O. The molecule has 2 aromatic carbocycles. The number of amides is 1. The zero-order valence-corrected chi connectivity index (χ0v) is 18.3. The first-order chi connectivity index (χ1) is 15.1. The second kappa shape index (κ2) is 8.27. The smallest absolute Gasteiger partial charge is 0.224 e. The first-order valence-corrected chi connectivity index (χ1v) is 11.2. The van der Waals surface area contributed by atoms with Crippen molar-refractivity contribution in [1.82, 2.24) is 20.3 Å². The van der Waals surface area contributed by atoms with E-state index in [-0.39, 0.29) is 11.8 Å². The van der Waals surface area contributed by atoms with Gasteiger partial charge in [0.15, 0.2) is 0 Å². The van der Waals surface area contributed by atoms with Crippen molar-refractivity contribution in [3.05, 3.63) is 58.7 Å². The largest absolute Gasteiger partial charge is 0.361 e. The minimum Gasteiger partial charge on any atom is -0.361 e. The predicted octanol–water partition coefficient (Wildman–Crippen LogP) is 4.58. The number of anilines is 1. The summed E-state index contributed by atoms with van der Waals surface area (Å²) in [6.07, 6.45) is 4.74. The molecule has 0 unspecified atom stereocenters. The molecule has 6 nitrogen and oxygen atoms in total. The van der Waals surface area contributed by atoms with E-state index in [0.717, 1.165) is 48.3 Å². The van der Waals surface area contributed by atoms with Gasteiger partial charge in [0, 0.05) is 41.8 Å². The number of carbonyl (C=O) groups is 1. The van der Waals surface area contributed by atoms with Crippen LogP contribution >= 0.6 is 11.6 Å². The number of nitrogens with one attached hydrogen (secondary N) is 3. The zero-order chi connectivity index (χ0) is 21.4. The van der Waals surface area contributed by atoms with Gasteiger partial charge in [-0.3, -0.25) is 4.79 Å². The van der Waals surface area contributed by atoms with E-state index in [1.807, 2.05) is 24.4 Å². The number of carbonyl (C=O) groups excluding carboxylic acids is 1. The van der Waals surface area contributed by atoms with Gasteiger partial charge >= 0.3 is 0 Å². The summed E-state index contributed by atoms with van der Waals surface area (Å²) in [6, 6.07) is 12.1. The molecular weight excluding hydrogens is 410 g/mol. The van der Waals surface area contributed by atoms with Crippen molar-refractivity contribution < 1.29 is 4.79 Å². The molecule has 0 radical (unpaired) electrons. The molecule has 5 rings (SSSR count). The van der Waals surface area contributed by atoms with Crippen LogP contribution in [0.15, 0.2) is 42.6 Å². The molecule has 160 valence electrons. The van der Waals surface area contributed by atoms with Crippen LogP contribution in [0.25, 0.3) is 21.9 Å². The van der Waals surface area contributed by atoms with Gasteiger partial charge in [-0.25, -0.2) is 4.98 Å². The summed E-state index contributed by atoms with van der Waals surface area (Å²) in [7, 11) is 0. The number of aromatic amines is 2. The molecule has 3 heterocycles. The molecule has 7 heteroatoms. The summed E-state index contributed by atoms with van der Waals surface area (Å²) >= 11 is 6.09. The lowest BCUT2D eigenvalue weighted by Gasteiger charge is -2.31. The van der Waals surface area contributed by atoms with Crippen molar-refractivity contribution >= 4 is 45.4 Å². The lowest BCUT2D eigenvalue weighted by Crippen LogP contribution is -2.43. The Morgan fingerprint density at radius 2 is 2.16 bits per heavy atom. The number of hydrogen-bond acceptors (Lipinski definition) is 3. The number of halogens is 1. The van der Waals surface area contributed by atoms with Gasteiger partial charge in [0.05, 0.1) is 17.0 Å². The van der Waals surface area contributed by atoms with Gasteiger partial charge in [0.2, 0.25) is 11.9 Å². The minimum atomic E-state index is -0.0317. The third kappa shape index (κ3) is 4.12. The fraction of sp³-hybridized carbons (Fsp3) is 0.333. The summed E-state index contributed by atoms with van der Waals surface area (Å²) in [4.78, 5) is 26.4. The molecule has 4 aromatic rings. The Balaban J connectivity index is 1.20. The standard InChI is InChI=1S/C24H26ClN5O/c1-15-4-6-20-19(11-15)16(13-27-20)8-9-26-23(31)17-3-2-10-30(14-17)24-28-21-7-5-18(25)12-22(21)29-24/h4-7,11-13,17,27H,2-3,8-10,14H2,1H3,(H,26,31)(H,28,29)/t17-/m0/s1. The molecule has 1 aliphatic heterocycles. The van der Waals surface area contributed by atoms with E-state index >= 15 is 0 Å². The number of hydrogen-bond donors (Lipinski definition) is 3. The Labute approximate surface area is 186 Å². The lowest BCUT2D eigenvalue weighted by molar-refractivity contribution is -0.125. The van der Waals surface area contributed by atoms with Gasteiger partial charge in [0.1, 0.15) is 0 Å². The van der Waals surface area contributed by atoms with Crippen LogP contribution in [0, 0.1) is 12.8 Å². The van der Waals surface area contributed by atoms with Gasteiger partial charge in [-0.1, -0.05) is 23.2 Å². The molecule has 0 bridgehead atoms. The highest BCUT2D eigenvalue weighted by Gasteiger charge is 2.27. The molecule has 2 aromatic heterocycles. The Kier molecular flexibility index (Phi) is 5.32. The van der Waals surface area contributed by atoms with Crippen LogP contribution in [-0.2, 0) is 11.2 Å². The average molecular weight is 436 g/mol. The van der Waals surface area contributed by atoms with Crippen LogP contribution < -0.4 is 10.2 Å². The first-order valence-electron chi connectivity index (χ1n) is 10.8. The Morgan fingerprint density at radius 3 is 3.06 bits per heavy atom. The van der Waals surface area contributed by atoms with Gasteiger partial charge in [-0.05, 0) is 62.1 Å². The van der Waals surface area contributed by atoms with E-state index in [1.165, 1.54) is 16.5 Å². The normalized spacial score (nSPS) is 16.8. The maximum atomic E-state index is 12.8. The molecule has 1 fully saturated rings. The first kappa shape index (κ1) is 19.9. The summed E-state index contributed by atoms with van der Waals surface area (Å²) in [5.41, 5.74) is 5.43. The maximum Gasteiger partial charge on any atom is 0.224 e. The predicted molar refractivity (Wildman–Crippen MR) is 126 cm³/mol. The highest BCUT2D eigenvalue weighted by Crippen LogP contribution is 2.25. The van der Waals surface area contributed by atoms with Crippen molar-refractivity contribution in [3.63, 3.8) is 0 Å². The number of aromatic nitrogens is 3. The van der Waals surface area contributed by atoms with Crippen LogP contribution in [0.5, 0.6) is 0 Å². The second-order valence-electron chi connectivity index (χ2n) is 8.41.